The van der Waals surface area contributed by atoms with Gasteiger partial charge in [-0.2, -0.15) is 17.4 Å². The number of nitrogens with zero attached hydrogens (tertiary/aromatic N) is 2. The number of hydrogen-bond acceptors (Lipinski definition) is 4. The van der Waals surface area contributed by atoms with Crippen molar-refractivity contribution < 1.29 is 18.3 Å². The number of carboxylic acid groups (broad SMARTS) is 1. The SMILES string of the molecule is CCN(CC(=O)O)C1CC(NS(=O)(=O)N2CC3CCC2C3)C1. The van der Waals surface area contributed by atoms with E-state index in [9.17, 15) is 13.2 Å². The van der Waals surface area contributed by atoms with E-state index < -0.39 is 16.2 Å². The first-order valence-corrected chi connectivity index (χ1v) is 9.58. The maximum atomic E-state index is 12.5. The predicted octanol–water partition coefficient (Wildman–Crippen LogP) is 0.243. The van der Waals surface area contributed by atoms with Gasteiger partial charge in [0.25, 0.3) is 10.2 Å². The third-order valence-corrected chi connectivity index (χ3v) is 7.05. The zero-order valence-electron chi connectivity index (χ0n) is 12.9. The molecule has 1 aliphatic heterocycles. The van der Waals surface area contributed by atoms with Crippen LogP contribution < -0.4 is 4.72 Å². The van der Waals surface area contributed by atoms with Crippen LogP contribution in [0.15, 0.2) is 0 Å². The standard InChI is InChI=1S/C14H25N3O4S/c1-2-16(9-14(18)19)13-6-11(7-13)15-22(20,21)17-8-10-3-4-12(17)5-10/h10-13,15H,2-9H2,1H3,(H,18,19). The number of carbonyl (C=O) groups is 1. The van der Waals surface area contributed by atoms with E-state index in [1.807, 2.05) is 11.8 Å². The van der Waals surface area contributed by atoms with Gasteiger partial charge in [-0.25, -0.2) is 0 Å². The second kappa shape index (κ2) is 6.07. The number of carboxylic acids is 1. The van der Waals surface area contributed by atoms with E-state index in [2.05, 4.69) is 4.72 Å². The Morgan fingerprint density at radius 2 is 2.05 bits per heavy atom. The summed E-state index contributed by atoms with van der Waals surface area (Å²) in [6.45, 7) is 3.29. The molecule has 7 nitrogen and oxygen atoms in total. The van der Waals surface area contributed by atoms with Crippen LogP contribution in [0.5, 0.6) is 0 Å². The molecule has 0 radical (unpaired) electrons. The van der Waals surface area contributed by atoms with E-state index in [1.54, 1.807) is 4.31 Å². The van der Waals surface area contributed by atoms with Crippen LogP contribution >= 0.6 is 0 Å². The lowest BCUT2D eigenvalue weighted by atomic mass is 9.86. The minimum Gasteiger partial charge on any atom is -0.480 e. The summed E-state index contributed by atoms with van der Waals surface area (Å²) in [7, 11) is -3.38. The molecule has 2 bridgehead atoms. The van der Waals surface area contributed by atoms with E-state index in [-0.39, 0.29) is 24.7 Å². The van der Waals surface area contributed by atoms with Crippen molar-refractivity contribution in [3.63, 3.8) is 0 Å². The molecule has 0 aromatic rings. The second-order valence-corrected chi connectivity index (χ2v) is 8.46. The molecule has 0 aromatic carbocycles. The van der Waals surface area contributed by atoms with Crippen LogP contribution in [0.25, 0.3) is 0 Å². The summed E-state index contributed by atoms with van der Waals surface area (Å²) < 4.78 is 29.4. The molecule has 22 heavy (non-hydrogen) atoms. The molecule has 0 spiro atoms. The number of likely N-dealkylation sites (N-methyl/N-ethyl adjacent to an activating group) is 1. The van der Waals surface area contributed by atoms with Crippen LogP contribution in [0.1, 0.15) is 39.0 Å². The third kappa shape index (κ3) is 3.15. The minimum atomic E-state index is -3.38. The number of rotatable bonds is 7. The fourth-order valence-electron chi connectivity index (χ4n) is 4.11. The summed E-state index contributed by atoms with van der Waals surface area (Å²) in [4.78, 5) is 12.7. The van der Waals surface area contributed by atoms with E-state index in [0.717, 1.165) is 19.3 Å². The molecule has 126 valence electrons. The molecule has 3 fully saturated rings. The fraction of sp³-hybridized carbons (Fsp3) is 0.929. The molecular weight excluding hydrogens is 306 g/mol. The quantitative estimate of drug-likeness (QED) is 0.698. The van der Waals surface area contributed by atoms with Gasteiger partial charge in [0, 0.05) is 24.7 Å². The van der Waals surface area contributed by atoms with Crippen molar-refractivity contribution in [1.29, 1.82) is 0 Å². The zero-order chi connectivity index (χ0) is 15.9. The highest BCUT2D eigenvalue weighted by molar-refractivity contribution is 7.87. The predicted molar refractivity (Wildman–Crippen MR) is 81.6 cm³/mol. The van der Waals surface area contributed by atoms with Crippen molar-refractivity contribution in [2.75, 3.05) is 19.6 Å². The molecule has 2 saturated carbocycles. The van der Waals surface area contributed by atoms with Crippen LogP contribution in [0.4, 0.5) is 0 Å². The van der Waals surface area contributed by atoms with Crippen molar-refractivity contribution in [3.8, 4) is 0 Å². The highest BCUT2D eigenvalue weighted by atomic mass is 32.2. The maximum absolute atomic E-state index is 12.5. The van der Waals surface area contributed by atoms with Gasteiger partial charge >= 0.3 is 5.97 Å². The molecular formula is C14H25N3O4S. The number of aliphatic carboxylic acids is 1. The van der Waals surface area contributed by atoms with Gasteiger partial charge in [-0.05, 0) is 44.6 Å². The van der Waals surface area contributed by atoms with Crippen molar-refractivity contribution in [2.24, 2.45) is 5.92 Å². The lowest BCUT2D eigenvalue weighted by Crippen LogP contribution is -2.57. The van der Waals surface area contributed by atoms with E-state index >= 15 is 0 Å². The Morgan fingerprint density at radius 1 is 1.32 bits per heavy atom. The third-order valence-electron chi connectivity index (χ3n) is 5.36. The first-order valence-electron chi connectivity index (χ1n) is 8.14. The van der Waals surface area contributed by atoms with Crippen LogP contribution in [0, 0.1) is 5.92 Å². The average Bonchev–Trinajstić information content (AvgIpc) is 3.02. The number of nitrogens with one attached hydrogen (secondary N) is 1. The van der Waals surface area contributed by atoms with Crippen LogP contribution in [0.3, 0.4) is 0 Å². The molecule has 2 unspecified atom stereocenters. The number of hydrogen-bond donors (Lipinski definition) is 2. The number of piperidine rings is 1. The Bertz CT molecular complexity index is 532. The van der Waals surface area contributed by atoms with Crippen molar-refractivity contribution >= 4 is 16.2 Å². The minimum absolute atomic E-state index is 0.0243. The van der Waals surface area contributed by atoms with Gasteiger partial charge in [-0.1, -0.05) is 6.92 Å². The zero-order valence-corrected chi connectivity index (χ0v) is 13.8. The topological polar surface area (TPSA) is 90.0 Å². The molecule has 2 N–H and O–H groups in total. The fourth-order valence-corrected chi connectivity index (χ4v) is 5.85. The molecule has 3 aliphatic rings. The summed E-state index contributed by atoms with van der Waals surface area (Å²) in [6.07, 6.45) is 4.55. The van der Waals surface area contributed by atoms with Gasteiger partial charge in [-0.3, -0.25) is 9.69 Å². The summed E-state index contributed by atoms with van der Waals surface area (Å²) in [5.74, 6) is -0.291. The molecule has 0 amide bonds. The molecule has 2 aliphatic carbocycles. The second-order valence-electron chi connectivity index (χ2n) is 6.80. The largest absolute Gasteiger partial charge is 0.480 e. The Morgan fingerprint density at radius 3 is 2.55 bits per heavy atom. The maximum Gasteiger partial charge on any atom is 0.317 e. The summed E-state index contributed by atoms with van der Waals surface area (Å²) in [6, 6.07) is 0.304. The molecule has 1 heterocycles. The summed E-state index contributed by atoms with van der Waals surface area (Å²) >= 11 is 0. The van der Waals surface area contributed by atoms with Gasteiger partial charge in [-0.15, -0.1) is 0 Å². The van der Waals surface area contributed by atoms with Gasteiger partial charge in [0.15, 0.2) is 0 Å². The van der Waals surface area contributed by atoms with Crippen molar-refractivity contribution in [2.45, 2.75) is 57.2 Å². The Labute approximate surface area is 131 Å². The Kier molecular flexibility index (Phi) is 4.46. The first-order chi connectivity index (χ1) is 10.4. The summed E-state index contributed by atoms with van der Waals surface area (Å²) in [5.41, 5.74) is 0. The average molecular weight is 331 g/mol. The molecule has 3 rings (SSSR count). The number of fused-ring (bicyclic) bond motifs is 2. The molecule has 1 saturated heterocycles. The normalized spacial score (nSPS) is 35.0. The van der Waals surface area contributed by atoms with Gasteiger partial charge in [0.1, 0.15) is 0 Å². The summed E-state index contributed by atoms with van der Waals surface area (Å²) in [5, 5.41) is 8.88. The highest BCUT2D eigenvalue weighted by Gasteiger charge is 2.45. The van der Waals surface area contributed by atoms with Gasteiger partial charge in [0.05, 0.1) is 6.54 Å². The van der Waals surface area contributed by atoms with Crippen LogP contribution in [-0.2, 0) is 15.0 Å². The van der Waals surface area contributed by atoms with E-state index in [1.165, 1.54) is 0 Å². The van der Waals surface area contributed by atoms with Crippen LogP contribution in [0.2, 0.25) is 0 Å². The monoisotopic (exact) mass is 331 g/mol. The van der Waals surface area contributed by atoms with Crippen molar-refractivity contribution in [1.82, 2.24) is 13.9 Å². The lowest BCUT2D eigenvalue weighted by Gasteiger charge is -2.42. The van der Waals surface area contributed by atoms with E-state index in [0.29, 0.717) is 31.8 Å². The highest BCUT2D eigenvalue weighted by Crippen LogP contribution is 2.39. The molecule has 0 aromatic heterocycles. The van der Waals surface area contributed by atoms with Gasteiger partial charge in [0.2, 0.25) is 0 Å². The Hall–Kier alpha value is -0.700. The Balaban J connectivity index is 1.50. The smallest absolute Gasteiger partial charge is 0.317 e. The van der Waals surface area contributed by atoms with E-state index in [4.69, 9.17) is 5.11 Å². The van der Waals surface area contributed by atoms with Gasteiger partial charge < -0.3 is 5.11 Å². The molecule has 2 atom stereocenters. The first kappa shape index (κ1) is 16.2. The lowest BCUT2D eigenvalue weighted by molar-refractivity contribution is -0.139. The van der Waals surface area contributed by atoms with Crippen LogP contribution in [-0.4, -0.2) is 66.5 Å². The molecule has 8 heteroatoms. The van der Waals surface area contributed by atoms with Crippen molar-refractivity contribution in [3.05, 3.63) is 0 Å².